The van der Waals surface area contributed by atoms with E-state index in [2.05, 4.69) is 10.2 Å². The van der Waals surface area contributed by atoms with Crippen molar-refractivity contribution >= 4 is 34.4 Å². The highest BCUT2D eigenvalue weighted by Crippen LogP contribution is 2.25. The Kier molecular flexibility index (Phi) is 6.06. The summed E-state index contributed by atoms with van der Waals surface area (Å²) in [6.07, 6.45) is -0.0751. The molecule has 1 aromatic heterocycles. The Bertz CT molecular complexity index is 1050. The van der Waals surface area contributed by atoms with Gasteiger partial charge in [0.05, 0.1) is 19.6 Å². The van der Waals surface area contributed by atoms with Crippen LogP contribution in [-0.2, 0) is 20.9 Å². The van der Waals surface area contributed by atoms with Crippen molar-refractivity contribution in [3.05, 3.63) is 53.6 Å². The predicted molar refractivity (Wildman–Crippen MR) is 114 cm³/mol. The van der Waals surface area contributed by atoms with Crippen molar-refractivity contribution in [3.8, 4) is 5.75 Å². The van der Waals surface area contributed by atoms with Gasteiger partial charge in [-0.15, -0.1) is 0 Å². The highest BCUT2D eigenvalue weighted by molar-refractivity contribution is 6.30. The van der Waals surface area contributed by atoms with E-state index in [-0.39, 0.29) is 38.6 Å². The van der Waals surface area contributed by atoms with E-state index in [0.717, 1.165) is 11.0 Å². The number of benzene rings is 2. The largest absolute Gasteiger partial charge is 0.490 e. The van der Waals surface area contributed by atoms with Crippen molar-refractivity contribution in [2.75, 3.05) is 26.3 Å². The molecule has 0 bridgehead atoms. The van der Waals surface area contributed by atoms with Crippen LogP contribution in [0, 0.1) is 0 Å². The minimum absolute atomic E-state index is 0.0145. The number of nitrogens with two attached hydrogens (primary N) is 1. The van der Waals surface area contributed by atoms with E-state index in [1.165, 1.54) is 4.80 Å². The summed E-state index contributed by atoms with van der Waals surface area (Å²) in [6, 6.07) is 14.3. The van der Waals surface area contributed by atoms with Crippen LogP contribution in [0.2, 0.25) is 5.02 Å². The molecule has 0 saturated carbocycles. The highest BCUT2D eigenvalue weighted by Gasteiger charge is 2.41. The van der Waals surface area contributed by atoms with Crippen LogP contribution in [0.1, 0.15) is 6.42 Å². The molecule has 1 atom stereocenters. The molecule has 0 unspecified atom stereocenters. The second kappa shape index (κ2) is 8.91. The smallest absolute Gasteiger partial charge is 0.246 e. The molecule has 0 radical (unpaired) electrons. The van der Waals surface area contributed by atoms with Crippen LogP contribution in [0.3, 0.4) is 0 Å². The fourth-order valence-corrected chi connectivity index (χ4v) is 3.69. The molecule has 9 nitrogen and oxygen atoms in total. The molecule has 2 aromatic carbocycles. The average Bonchev–Trinajstić information content (AvgIpc) is 3.15. The molecule has 2 heterocycles. The first-order valence-corrected chi connectivity index (χ1v) is 10.2. The number of primary amides is 1. The molecule has 0 spiro atoms. The summed E-state index contributed by atoms with van der Waals surface area (Å²) >= 11 is 5.91. The fourth-order valence-electron chi connectivity index (χ4n) is 3.56. The number of amides is 2. The molecule has 10 heteroatoms. The summed E-state index contributed by atoms with van der Waals surface area (Å²) in [5.74, 6) is -0.134. The first kappa shape index (κ1) is 21.1. The number of hydrogen-bond donors (Lipinski definition) is 1. The molecule has 1 fully saturated rings. The maximum atomic E-state index is 12.9. The molecule has 1 saturated heterocycles. The zero-order valence-corrected chi connectivity index (χ0v) is 17.5. The van der Waals surface area contributed by atoms with E-state index in [0.29, 0.717) is 17.3 Å². The molecule has 162 valence electrons. The third-order valence-corrected chi connectivity index (χ3v) is 5.27. The third kappa shape index (κ3) is 5.12. The number of carbonyl (C=O) groups is 2. The molecule has 4 rings (SSSR count). The maximum absolute atomic E-state index is 12.9. The van der Waals surface area contributed by atoms with Crippen molar-refractivity contribution in [1.29, 1.82) is 0 Å². The summed E-state index contributed by atoms with van der Waals surface area (Å²) in [5, 5.41) is 9.25. The normalized spacial score (nSPS) is 18.8. The number of morpholine rings is 1. The van der Waals surface area contributed by atoms with Gasteiger partial charge in [-0.2, -0.15) is 15.0 Å². The van der Waals surface area contributed by atoms with Gasteiger partial charge in [0, 0.05) is 11.6 Å². The van der Waals surface area contributed by atoms with E-state index in [4.69, 9.17) is 26.8 Å². The minimum atomic E-state index is -1.04. The van der Waals surface area contributed by atoms with Gasteiger partial charge in [-0.3, -0.25) is 9.59 Å². The van der Waals surface area contributed by atoms with Gasteiger partial charge in [-0.1, -0.05) is 23.7 Å². The van der Waals surface area contributed by atoms with Crippen LogP contribution in [0.5, 0.6) is 5.75 Å². The number of hydrogen-bond acceptors (Lipinski definition) is 6. The minimum Gasteiger partial charge on any atom is -0.490 e. The van der Waals surface area contributed by atoms with Crippen LogP contribution >= 0.6 is 11.6 Å². The fraction of sp³-hybridized carbons (Fsp3) is 0.333. The Morgan fingerprint density at radius 1 is 1.13 bits per heavy atom. The summed E-state index contributed by atoms with van der Waals surface area (Å²) in [4.78, 5) is 27.7. The molecular weight excluding hydrogens is 422 g/mol. The lowest BCUT2D eigenvalue weighted by molar-refractivity contribution is -0.162. The Hall–Kier alpha value is -3.17. The Labute approximate surface area is 183 Å². The lowest BCUT2D eigenvalue weighted by Gasteiger charge is -2.41. The third-order valence-electron chi connectivity index (χ3n) is 5.02. The Balaban J connectivity index is 1.46. The van der Waals surface area contributed by atoms with Crippen LogP contribution in [-0.4, -0.2) is 63.6 Å². The number of ether oxygens (including phenoxy) is 2. The molecule has 2 N–H and O–H groups in total. The van der Waals surface area contributed by atoms with E-state index >= 15 is 0 Å². The molecule has 2 amide bonds. The standard InChI is InChI=1S/C21H22ClN5O4/c22-15-5-7-16(8-6-15)30-14-21(11-19(23)28)13-26(9-10-31-21)20(29)12-27-24-17-3-1-2-4-18(17)25-27/h1-8H,9-14H2,(H2,23,28)/t21-/m1/s1. The van der Waals surface area contributed by atoms with Crippen molar-refractivity contribution in [2.24, 2.45) is 5.73 Å². The van der Waals surface area contributed by atoms with Crippen molar-refractivity contribution in [2.45, 2.75) is 18.6 Å². The van der Waals surface area contributed by atoms with Crippen LogP contribution in [0.4, 0.5) is 0 Å². The van der Waals surface area contributed by atoms with Crippen LogP contribution in [0.25, 0.3) is 11.0 Å². The zero-order valence-electron chi connectivity index (χ0n) is 16.7. The van der Waals surface area contributed by atoms with Gasteiger partial charge in [0.15, 0.2) is 0 Å². The van der Waals surface area contributed by atoms with Gasteiger partial charge in [-0.25, -0.2) is 0 Å². The maximum Gasteiger partial charge on any atom is 0.246 e. The lowest BCUT2D eigenvalue weighted by Crippen LogP contribution is -2.58. The van der Waals surface area contributed by atoms with Crippen LogP contribution in [0.15, 0.2) is 48.5 Å². The second-order valence-electron chi connectivity index (χ2n) is 7.45. The number of aromatic nitrogens is 3. The van der Waals surface area contributed by atoms with Gasteiger partial charge in [0.2, 0.25) is 11.8 Å². The van der Waals surface area contributed by atoms with E-state index in [1.54, 1.807) is 29.2 Å². The summed E-state index contributed by atoms with van der Waals surface area (Å²) in [6.45, 7) is 0.867. The SMILES string of the molecule is NC(=O)C[C@]1(COc2ccc(Cl)cc2)CN(C(=O)Cn2nc3ccccc3n2)CCO1. The second-order valence-corrected chi connectivity index (χ2v) is 7.89. The predicted octanol–water partition coefficient (Wildman–Crippen LogP) is 1.64. The number of nitrogens with zero attached hydrogens (tertiary/aromatic N) is 4. The van der Waals surface area contributed by atoms with E-state index < -0.39 is 11.5 Å². The van der Waals surface area contributed by atoms with Gasteiger partial charge < -0.3 is 20.1 Å². The highest BCUT2D eigenvalue weighted by atomic mass is 35.5. The first-order valence-electron chi connectivity index (χ1n) is 9.81. The van der Waals surface area contributed by atoms with Crippen molar-refractivity contribution in [1.82, 2.24) is 19.9 Å². The van der Waals surface area contributed by atoms with Crippen molar-refractivity contribution in [3.63, 3.8) is 0 Å². The van der Waals surface area contributed by atoms with Gasteiger partial charge in [-0.05, 0) is 36.4 Å². The number of halogens is 1. The lowest BCUT2D eigenvalue weighted by atomic mass is 9.97. The monoisotopic (exact) mass is 443 g/mol. The number of rotatable bonds is 7. The Morgan fingerprint density at radius 2 is 1.81 bits per heavy atom. The molecule has 1 aliphatic rings. The number of carbonyl (C=O) groups excluding carboxylic acids is 2. The van der Waals surface area contributed by atoms with Gasteiger partial charge >= 0.3 is 0 Å². The van der Waals surface area contributed by atoms with Crippen LogP contribution < -0.4 is 10.5 Å². The molecule has 0 aliphatic carbocycles. The average molecular weight is 444 g/mol. The van der Waals surface area contributed by atoms with Gasteiger partial charge in [0.1, 0.15) is 35.5 Å². The number of fused-ring (bicyclic) bond motifs is 1. The summed E-state index contributed by atoms with van der Waals surface area (Å²) < 4.78 is 11.7. The zero-order chi connectivity index (χ0) is 21.8. The summed E-state index contributed by atoms with van der Waals surface area (Å²) in [5.41, 5.74) is 5.86. The van der Waals surface area contributed by atoms with Gasteiger partial charge in [0.25, 0.3) is 0 Å². The van der Waals surface area contributed by atoms with E-state index in [1.807, 2.05) is 24.3 Å². The molecular formula is C21H22ClN5O4. The molecule has 1 aliphatic heterocycles. The van der Waals surface area contributed by atoms with Crippen molar-refractivity contribution < 1.29 is 19.1 Å². The first-order chi connectivity index (χ1) is 14.9. The molecule has 31 heavy (non-hydrogen) atoms. The molecule has 3 aromatic rings. The topological polar surface area (TPSA) is 113 Å². The quantitative estimate of drug-likeness (QED) is 0.594. The van der Waals surface area contributed by atoms with E-state index in [9.17, 15) is 9.59 Å². The summed E-state index contributed by atoms with van der Waals surface area (Å²) in [7, 11) is 0. The Morgan fingerprint density at radius 3 is 2.45 bits per heavy atom.